The number of aliphatic imine (C=N–C) groups is 1. The molecule has 3 N–H and O–H groups in total. The summed E-state index contributed by atoms with van der Waals surface area (Å²) in [6.07, 6.45) is 2.72. The van der Waals surface area contributed by atoms with Crippen LogP contribution in [0.25, 0.3) is 0 Å². The van der Waals surface area contributed by atoms with Crippen LogP contribution in [0.4, 0.5) is 5.69 Å². The van der Waals surface area contributed by atoms with Crippen LogP contribution in [-0.4, -0.2) is 24.1 Å². The zero-order valence-corrected chi connectivity index (χ0v) is 10.9. The number of benzene rings is 1. The molecule has 0 bridgehead atoms. The summed E-state index contributed by atoms with van der Waals surface area (Å²) in [6.45, 7) is 2.09. The summed E-state index contributed by atoms with van der Waals surface area (Å²) >= 11 is 0. The van der Waals surface area contributed by atoms with Crippen LogP contribution in [0.3, 0.4) is 0 Å². The van der Waals surface area contributed by atoms with Gasteiger partial charge in [0.05, 0.1) is 0 Å². The predicted molar refractivity (Wildman–Crippen MR) is 73.1 cm³/mol. The molecule has 1 unspecified atom stereocenters. The highest BCUT2D eigenvalue weighted by Gasteiger charge is 2.39. The van der Waals surface area contributed by atoms with Gasteiger partial charge in [-0.05, 0) is 36.1 Å². The van der Waals surface area contributed by atoms with Crippen LogP contribution >= 0.6 is 0 Å². The summed E-state index contributed by atoms with van der Waals surface area (Å²) in [6, 6.07) is 6.35. The molecule has 0 aromatic heterocycles. The van der Waals surface area contributed by atoms with Crippen LogP contribution in [0, 0.1) is 0 Å². The Kier molecular flexibility index (Phi) is 2.69. The first-order chi connectivity index (χ1) is 9.06. The Labute approximate surface area is 111 Å². The first kappa shape index (κ1) is 12.0. The Morgan fingerprint density at radius 3 is 3.00 bits per heavy atom. The van der Waals surface area contributed by atoms with Gasteiger partial charge in [-0.25, -0.2) is 4.99 Å². The minimum Gasteiger partial charge on any atom is -0.463 e. The average molecular weight is 259 g/mol. The number of carbonyl (C=O) groups is 1. The molecule has 1 spiro atoms. The number of nitrogens with one attached hydrogen (secondary N) is 1. The van der Waals surface area contributed by atoms with E-state index in [1.54, 1.807) is 0 Å². The Morgan fingerprint density at radius 2 is 2.32 bits per heavy atom. The lowest BCUT2D eigenvalue weighted by atomic mass is 9.79. The standard InChI is InChI=1S/C14H17N3O2/c1-9(18)16-12-3-2-11-7-14(5-4-10(11)6-12)8-19-13(15)17-14/h2-3,6H,4-5,7-8H2,1H3,(H2,15,17)(H,16,18). The van der Waals surface area contributed by atoms with E-state index in [1.165, 1.54) is 18.1 Å². The highest BCUT2D eigenvalue weighted by Crippen LogP contribution is 2.35. The van der Waals surface area contributed by atoms with Crippen molar-refractivity contribution >= 4 is 17.6 Å². The normalized spacial score (nSPS) is 24.6. The second-order valence-electron chi connectivity index (χ2n) is 5.30. The fraction of sp³-hybridized carbons (Fsp3) is 0.429. The second-order valence-corrected chi connectivity index (χ2v) is 5.30. The van der Waals surface area contributed by atoms with Crippen molar-refractivity contribution in [3.8, 4) is 0 Å². The maximum Gasteiger partial charge on any atom is 0.282 e. The van der Waals surface area contributed by atoms with Crippen molar-refractivity contribution in [3.63, 3.8) is 0 Å². The quantitative estimate of drug-likeness (QED) is 0.796. The first-order valence-electron chi connectivity index (χ1n) is 6.44. The van der Waals surface area contributed by atoms with Crippen molar-refractivity contribution in [2.45, 2.75) is 31.7 Å². The molecule has 1 aliphatic heterocycles. The van der Waals surface area contributed by atoms with E-state index in [1.807, 2.05) is 12.1 Å². The maximum atomic E-state index is 11.1. The minimum absolute atomic E-state index is 0.0474. The van der Waals surface area contributed by atoms with Crippen molar-refractivity contribution in [1.82, 2.24) is 0 Å². The predicted octanol–water partition coefficient (Wildman–Crippen LogP) is 1.22. The largest absolute Gasteiger partial charge is 0.463 e. The van der Waals surface area contributed by atoms with Crippen molar-refractivity contribution in [1.29, 1.82) is 0 Å². The van der Waals surface area contributed by atoms with Crippen molar-refractivity contribution in [2.24, 2.45) is 10.7 Å². The third-order valence-electron chi connectivity index (χ3n) is 3.74. The van der Waals surface area contributed by atoms with Crippen LogP contribution in [0.2, 0.25) is 0 Å². The number of nitrogens with zero attached hydrogens (tertiary/aromatic N) is 1. The number of rotatable bonds is 1. The molecular weight excluding hydrogens is 242 g/mol. The van der Waals surface area contributed by atoms with Crippen LogP contribution < -0.4 is 11.1 Å². The topological polar surface area (TPSA) is 76.7 Å². The van der Waals surface area contributed by atoms with Crippen molar-refractivity contribution in [2.75, 3.05) is 11.9 Å². The number of amidine groups is 1. The molecule has 0 fully saturated rings. The van der Waals surface area contributed by atoms with E-state index in [9.17, 15) is 4.79 Å². The fourth-order valence-electron chi connectivity index (χ4n) is 2.85. The second kappa shape index (κ2) is 4.26. The van der Waals surface area contributed by atoms with Gasteiger partial charge < -0.3 is 15.8 Å². The van der Waals surface area contributed by atoms with E-state index in [0.29, 0.717) is 12.6 Å². The summed E-state index contributed by atoms with van der Waals surface area (Å²) in [5.41, 5.74) is 8.84. The van der Waals surface area contributed by atoms with Gasteiger partial charge in [0.2, 0.25) is 5.91 Å². The fourth-order valence-corrected chi connectivity index (χ4v) is 2.85. The summed E-state index contributed by atoms with van der Waals surface area (Å²) in [5.74, 6) is -0.0474. The Hall–Kier alpha value is -2.04. The number of hydrogen-bond donors (Lipinski definition) is 2. The van der Waals surface area contributed by atoms with Gasteiger partial charge in [-0.15, -0.1) is 0 Å². The molecule has 2 aliphatic rings. The molecule has 1 aromatic carbocycles. The smallest absolute Gasteiger partial charge is 0.282 e. The average Bonchev–Trinajstić information content (AvgIpc) is 2.70. The Morgan fingerprint density at radius 1 is 1.47 bits per heavy atom. The summed E-state index contributed by atoms with van der Waals surface area (Å²) < 4.78 is 5.31. The van der Waals surface area contributed by atoms with E-state index >= 15 is 0 Å². The van der Waals surface area contributed by atoms with Crippen LogP contribution in [-0.2, 0) is 22.4 Å². The lowest BCUT2D eigenvalue weighted by Gasteiger charge is -2.30. The molecule has 19 heavy (non-hydrogen) atoms. The SMILES string of the molecule is CC(=O)Nc1ccc2c(c1)CCC1(COC(N)=N1)C2. The maximum absolute atomic E-state index is 11.1. The molecule has 1 aromatic rings. The lowest BCUT2D eigenvalue weighted by Crippen LogP contribution is -2.35. The number of amides is 1. The van der Waals surface area contributed by atoms with E-state index in [2.05, 4.69) is 16.4 Å². The van der Waals surface area contributed by atoms with E-state index < -0.39 is 0 Å². The summed E-state index contributed by atoms with van der Waals surface area (Å²) in [7, 11) is 0. The van der Waals surface area contributed by atoms with Gasteiger partial charge in [-0.3, -0.25) is 4.79 Å². The van der Waals surface area contributed by atoms with Gasteiger partial charge in [0.25, 0.3) is 6.02 Å². The highest BCUT2D eigenvalue weighted by molar-refractivity contribution is 5.88. The monoisotopic (exact) mass is 259 g/mol. The Balaban J connectivity index is 1.85. The molecule has 1 heterocycles. The number of aryl methyl sites for hydroxylation is 1. The molecule has 3 rings (SSSR count). The third-order valence-corrected chi connectivity index (χ3v) is 3.74. The molecule has 100 valence electrons. The molecule has 0 saturated heterocycles. The molecule has 1 aliphatic carbocycles. The van der Waals surface area contributed by atoms with E-state index in [4.69, 9.17) is 10.5 Å². The zero-order valence-electron chi connectivity index (χ0n) is 10.9. The molecule has 5 nitrogen and oxygen atoms in total. The summed E-state index contributed by atoms with van der Waals surface area (Å²) in [4.78, 5) is 15.5. The number of ether oxygens (including phenoxy) is 1. The van der Waals surface area contributed by atoms with Crippen LogP contribution in [0.1, 0.15) is 24.5 Å². The molecule has 0 radical (unpaired) electrons. The van der Waals surface area contributed by atoms with Gasteiger partial charge >= 0.3 is 0 Å². The molecule has 1 atom stereocenters. The van der Waals surface area contributed by atoms with Gasteiger partial charge in [0, 0.05) is 19.0 Å². The highest BCUT2D eigenvalue weighted by atomic mass is 16.5. The van der Waals surface area contributed by atoms with Crippen LogP contribution in [0.5, 0.6) is 0 Å². The summed E-state index contributed by atoms with van der Waals surface area (Å²) in [5, 5.41) is 2.81. The van der Waals surface area contributed by atoms with Crippen molar-refractivity contribution < 1.29 is 9.53 Å². The number of hydrogen-bond acceptors (Lipinski definition) is 4. The zero-order chi connectivity index (χ0) is 13.5. The van der Waals surface area contributed by atoms with Crippen molar-refractivity contribution in [3.05, 3.63) is 29.3 Å². The van der Waals surface area contributed by atoms with E-state index in [-0.39, 0.29) is 11.4 Å². The van der Waals surface area contributed by atoms with Gasteiger partial charge in [0.1, 0.15) is 12.1 Å². The molecule has 0 saturated carbocycles. The van der Waals surface area contributed by atoms with E-state index in [0.717, 1.165) is 24.9 Å². The van der Waals surface area contributed by atoms with Gasteiger partial charge in [-0.1, -0.05) is 6.07 Å². The number of carbonyl (C=O) groups excluding carboxylic acids is 1. The molecule has 1 amide bonds. The number of fused-ring (bicyclic) bond motifs is 1. The number of anilines is 1. The first-order valence-corrected chi connectivity index (χ1v) is 6.44. The Bertz CT molecular complexity index is 568. The van der Waals surface area contributed by atoms with Gasteiger partial charge in [-0.2, -0.15) is 0 Å². The van der Waals surface area contributed by atoms with Gasteiger partial charge in [0.15, 0.2) is 0 Å². The third kappa shape index (κ3) is 2.28. The number of nitrogens with two attached hydrogens (primary N) is 1. The molecular formula is C14H17N3O2. The van der Waals surface area contributed by atoms with Crippen LogP contribution in [0.15, 0.2) is 23.2 Å². The lowest BCUT2D eigenvalue weighted by molar-refractivity contribution is -0.114. The molecule has 5 heteroatoms. The minimum atomic E-state index is -0.174.